The summed E-state index contributed by atoms with van der Waals surface area (Å²) in [6.45, 7) is 0. The quantitative estimate of drug-likeness (QED) is 0.822. The van der Waals surface area contributed by atoms with Gasteiger partial charge in [-0.3, -0.25) is 15.0 Å². The van der Waals surface area contributed by atoms with E-state index in [1.54, 1.807) is 19.2 Å². The lowest BCUT2D eigenvalue weighted by molar-refractivity contribution is -0.119. The Bertz CT molecular complexity index is 368. The molecule has 0 aliphatic rings. The highest BCUT2D eigenvalue weighted by molar-refractivity contribution is 6.19. The number of carbonyl (C=O) groups excluding carboxylic acids is 2. The van der Waals surface area contributed by atoms with E-state index in [4.69, 9.17) is 11.6 Å². The molecule has 1 rings (SSSR count). The molecular formula is C11H13ClN2O2. The van der Waals surface area contributed by atoms with Crippen molar-refractivity contribution in [2.45, 2.75) is 6.42 Å². The van der Waals surface area contributed by atoms with E-state index in [1.165, 1.54) is 4.90 Å². The van der Waals surface area contributed by atoms with Gasteiger partial charge in [0, 0.05) is 25.0 Å². The summed E-state index contributed by atoms with van der Waals surface area (Å²) in [5.74, 6) is -0.170. The first kappa shape index (κ1) is 12.5. The summed E-state index contributed by atoms with van der Waals surface area (Å²) < 4.78 is 0. The molecule has 0 bridgehead atoms. The number of anilines is 1. The molecule has 0 aliphatic carbocycles. The highest BCUT2D eigenvalue weighted by Crippen LogP contribution is 2.10. The maximum atomic E-state index is 11.6. The second-order valence-electron chi connectivity index (χ2n) is 3.19. The summed E-state index contributed by atoms with van der Waals surface area (Å²) in [7, 11) is 1.60. The van der Waals surface area contributed by atoms with Crippen molar-refractivity contribution in [3.8, 4) is 0 Å². The molecule has 1 N–H and O–H groups in total. The third kappa shape index (κ3) is 3.55. The van der Waals surface area contributed by atoms with Gasteiger partial charge in [-0.1, -0.05) is 18.2 Å². The van der Waals surface area contributed by atoms with E-state index in [1.807, 2.05) is 18.2 Å². The largest absolute Gasteiger partial charge is 0.328 e. The van der Waals surface area contributed by atoms with Crippen LogP contribution in [0.3, 0.4) is 0 Å². The molecular weight excluding hydrogens is 228 g/mol. The van der Waals surface area contributed by atoms with Gasteiger partial charge in [-0.05, 0) is 12.1 Å². The molecule has 4 nitrogen and oxygen atoms in total. The molecule has 1 aromatic rings. The smallest absolute Gasteiger partial charge is 0.297 e. The lowest BCUT2D eigenvalue weighted by atomic mass is 10.3. The van der Waals surface area contributed by atoms with E-state index in [2.05, 4.69) is 5.32 Å². The number of alkyl halides is 1. The van der Waals surface area contributed by atoms with Gasteiger partial charge in [0.25, 0.3) is 0 Å². The van der Waals surface area contributed by atoms with Gasteiger partial charge in [0.15, 0.2) is 0 Å². The first-order valence-corrected chi connectivity index (χ1v) is 5.37. The molecule has 16 heavy (non-hydrogen) atoms. The number of halogens is 1. The Morgan fingerprint density at radius 3 is 2.50 bits per heavy atom. The number of rotatable bonds is 3. The molecule has 0 heterocycles. The summed E-state index contributed by atoms with van der Waals surface area (Å²) in [4.78, 5) is 24.1. The van der Waals surface area contributed by atoms with Gasteiger partial charge in [-0.2, -0.15) is 0 Å². The third-order valence-electron chi connectivity index (χ3n) is 2.02. The molecule has 0 atom stereocenters. The Labute approximate surface area is 99.2 Å². The van der Waals surface area contributed by atoms with Crippen molar-refractivity contribution in [3.05, 3.63) is 30.3 Å². The van der Waals surface area contributed by atoms with Crippen LogP contribution in [0, 0.1) is 0 Å². The number of amides is 3. The predicted molar refractivity (Wildman–Crippen MR) is 63.7 cm³/mol. The summed E-state index contributed by atoms with van der Waals surface area (Å²) in [6, 6.07) is 8.60. The summed E-state index contributed by atoms with van der Waals surface area (Å²) in [5.41, 5.74) is 0.721. The van der Waals surface area contributed by atoms with Gasteiger partial charge in [0.05, 0.1) is 0 Å². The van der Waals surface area contributed by atoms with E-state index in [9.17, 15) is 9.59 Å². The van der Waals surface area contributed by atoms with E-state index >= 15 is 0 Å². The average molecular weight is 241 g/mol. The highest BCUT2D eigenvalue weighted by atomic mass is 35.5. The second-order valence-corrected chi connectivity index (χ2v) is 3.56. The minimum Gasteiger partial charge on any atom is -0.297 e. The van der Waals surface area contributed by atoms with Crippen molar-refractivity contribution >= 4 is 29.2 Å². The van der Waals surface area contributed by atoms with Gasteiger partial charge in [-0.15, -0.1) is 11.6 Å². The summed E-state index contributed by atoms with van der Waals surface area (Å²) >= 11 is 5.39. The number of nitrogens with zero attached hydrogens (tertiary/aromatic N) is 1. The molecule has 5 heteroatoms. The Kier molecular flexibility index (Phi) is 4.79. The summed E-state index contributed by atoms with van der Waals surface area (Å²) in [5, 5.41) is 2.24. The number of urea groups is 1. The lowest BCUT2D eigenvalue weighted by Gasteiger charge is -2.17. The number of imide groups is 1. The molecule has 0 fully saturated rings. The van der Waals surface area contributed by atoms with Crippen molar-refractivity contribution in [2.24, 2.45) is 0 Å². The molecule has 0 radical (unpaired) electrons. The number of nitrogens with one attached hydrogen (secondary N) is 1. The van der Waals surface area contributed by atoms with E-state index in [0.717, 1.165) is 5.69 Å². The van der Waals surface area contributed by atoms with E-state index in [-0.39, 0.29) is 18.2 Å². The topological polar surface area (TPSA) is 49.4 Å². The zero-order chi connectivity index (χ0) is 12.0. The van der Waals surface area contributed by atoms with Crippen molar-refractivity contribution in [2.75, 3.05) is 17.8 Å². The maximum Gasteiger partial charge on any atom is 0.328 e. The monoisotopic (exact) mass is 240 g/mol. The average Bonchev–Trinajstić information content (AvgIpc) is 2.29. The fraction of sp³-hybridized carbons (Fsp3) is 0.273. The number of para-hydroxylation sites is 1. The van der Waals surface area contributed by atoms with Crippen LogP contribution in [-0.4, -0.2) is 24.9 Å². The standard InChI is InChI=1S/C11H13ClN2O2/c1-14(9-5-3-2-4-6-9)11(16)13-10(15)7-8-12/h2-6H,7-8H2,1H3,(H,13,15,16). The zero-order valence-corrected chi connectivity index (χ0v) is 9.70. The fourth-order valence-corrected chi connectivity index (χ4v) is 1.29. The maximum absolute atomic E-state index is 11.6. The van der Waals surface area contributed by atoms with Crippen LogP contribution in [-0.2, 0) is 4.79 Å². The van der Waals surface area contributed by atoms with Crippen LogP contribution in [0.4, 0.5) is 10.5 Å². The van der Waals surface area contributed by atoms with E-state index < -0.39 is 6.03 Å². The SMILES string of the molecule is CN(C(=O)NC(=O)CCCl)c1ccccc1. The zero-order valence-electron chi connectivity index (χ0n) is 8.94. The van der Waals surface area contributed by atoms with Gasteiger partial charge in [0.2, 0.25) is 5.91 Å². The molecule has 0 unspecified atom stereocenters. The van der Waals surface area contributed by atoms with Crippen LogP contribution < -0.4 is 10.2 Å². The first-order chi connectivity index (χ1) is 7.65. The Morgan fingerprint density at radius 2 is 1.94 bits per heavy atom. The molecule has 0 saturated heterocycles. The van der Waals surface area contributed by atoms with Crippen molar-refractivity contribution in [1.82, 2.24) is 5.32 Å². The third-order valence-corrected chi connectivity index (χ3v) is 2.21. The molecule has 86 valence electrons. The van der Waals surface area contributed by atoms with Crippen LogP contribution in [0.5, 0.6) is 0 Å². The predicted octanol–water partition coefficient (Wildman–Crippen LogP) is 1.99. The second kappa shape index (κ2) is 6.12. The Balaban J connectivity index is 2.58. The molecule has 1 aromatic carbocycles. The molecule has 3 amide bonds. The van der Waals surface area contributed by atoms with Crippen molar-refractivity contribution in [1.29, 1.82) is 0 Å². The van der Waals surface area contributed by atoms with Crippen molar-refractivity contribution in [3.63, 3.8) is 0 Å². The Morgan fingerprint density at radius 1 is 1.31 bits per heavy atom. The van der Waals surface area contributed by atoms with Crippen molar-refractivity contribution < 1.29 is 9.59 Å². The van der Waals surface area contributed by atoms with Crippen LogP contribution in [0.25, 0.3) is 0 Å². The fourth-order valence-electron chi connectivity index (χ4n) is 1.12. The van der Waals surface area contributed by atoms with E-state index in [0.29, 0.717) is 0 Å². The number of hydrogen-bond donors (Lipinski definition) is 1. The number of hydrogen-bond acceptors (Lipinski definition) is 2. The van der Waals surface area contributed by atoms with Gasteiger partial charge in [-0.25, -0.2) is 4.79 Å². The van der Waals surface area contributed by atoms with Gasteiger partial charge in [0.1, 0.15) is 0 Å². The molecule has 0 aromatic heterocycles. The highest BCUT2D eigenvalue weighted by Gasteiger charge is 2.12. The van der Waals surface area contributed by atoms with Gasteiger partial charge < -0.3 is 0 Å². The van der Waals surface area contributed by atoms with Crippen LogP contribution >= 0.6 is 11.6 Å². The Hall–Kier alpha value is -1.55. The molecule has 0 saturated carbocycles. The summed E-state index contributed by atoms with van der Waals surface area (Å²) in [6.07, 6.45) is 0.135. The normalized spacial score (nSPS) is 9.62. The molecule has 0 aliphatic heterocycles. The van der Waals surface area contributed by atoms with Gasteiger partial charge >= 0.3 is 6.03 Å². The number of benzene rings is 1. The molecule has 0 spiro atoms. The number of carbonyl (C=O) groups is 2. The minimum atomic E-state index is -0.457. The van der Waals surface area contributed by atoms with Crippen LogP contribution in [0.1, 0.15) is 6.42 Å². The van der Waals surface area contributed by atoms with Crippen LogP contribution in [0.15, 0.2) is 30.3 Å². The van der Waals surface area contributed by atoms with Crippen LogP contribution in [0.2, 0.25) is 0 Å². The lowest BCUT2D eigenvalue weighted by Crippen LogP contribution is -2.40. The first-order valence-electron chi connectivity index (χ1n) is 4.83. The minimum absolute atomic E-state index is 0.135.